The fourth-order valence-electron chi connectivity index (χ4n) is 4.65. The summed E-state index contributed by atoms with van der Waals surface area (Å²) in [6, 6.07) is 0. The molecule has 0 spiro atoms. The van der Waals surface area contributed by atoms with Crippen molar-refractivity contribution in [1.29, 1.82) is 0 Å². The predicted octanol–water partition coefficient (Wildman–Crippen LogP) is 4.68. The summed E-state index contributed by atoms with van der Waals surface area (Å²) >= 11 is 0. The van der Waals surface area contributed by atoms with Gasteiger partial charge < -0.3 is 24.8 Å². The Morgan fingerprint density at radius 3 is 2.27 bits per heavy atom. The second-order valence-electron chi connectivity index (χ2n) is 8.71. The average Bonchev–Trinajstić information content (AvgIpc) is 2.99. The number of carboxylic acids is 1. The first-order valence-electron chi connectivity index (χ1n) is 11.7. The molecule has 30 heavy (non-hydrogen) atoms. The molecule has 0 heterocycles. The fourth-order valence-corrected chi connectivity index (χ4v) is 4.65. The van der Waals surface area contributed by atoms with Crippen LogP contribution in [-0.2, 0) is 14.3 Å². The summed E-state index contributed by atoms with van der Waals surface area (Å²) in [4.78, 5) is 10.6. The Balaban J connectivity index is 2.56. The molecule has 6 nitrogen and oxygen atoms in total. The summed E-state index contributed by atoms with van der Waals surface area (Å²) in [5.41, 5.74) is 0. The Kier molecular flexibility index (Phi) is 13.5. The second kappa shape index (κ2) is 15.0. The zero-order valence-electron chi connectivity index (χ0n) is 19.2. The average molecular weight is 429 g/mol. The maximum atomic E-state index is 10.6. The van der Waals surface area contributed by atoms with Crippen LogP contribution in [0.5, 0.6) is 0 Å². The van der Waals surface area contributed by atoms with E-state index >= 15 is 0 Å². The van der Waals surface area contributed by atoms with E-state index in [1.807, 2.05) is 12.2 Å². The van der Waals surface area contributed by atoms with Gasteiger partial charge in [-0.05, 0) is 50.4 Å². The molecule has 1 aliphatic rings. The molecule has 6 heteroatoms. The summed E-state index contributed by atoms with van der Waals surface area (Å²) in [6.07, 6.45) is 13.8. The van der Waals surface area contributed by atoms with Crippen LogP contribution in [0.1, 0.15) is 90.4 Å². The molecular formula is C24H44O6. The Morgan fingerprint density at radius 1 is 0.967 bits per heavy atom. The molecule has 4 atom stereocenters. The van der Waals surface area contributed by atoms with E-state index in [1.54, 1.807) is 14.2 Å². The number of hydrogen-bond donors (Lipinski definition) is 3. The van der Waals surface area contributed by atoms with Gasteiger partial charge in [0.2, 0.25) is 0 Å². The third kappa shape index (κ3) is 9.46. The number of methoxy groups -OCH3 is 2. The zero-order chi connectivity index (χ0) is 22.4. The number of ether oxygens (including phenoxy) is 2. The molecule has 3 N–H and O–H groups in total. The highest BCUT2D eigenvalue weighted by Crippen LogP contribution is 2.40. The smallest absolute Gasteiger partial charge is 0.303 e. The number of carboxylic acid groups (broad SMARTS) is 1. The summed E-state index contributed by atoms with van der Waals surface area (Å²) < 4.78 is 11.5. The molecule has 0 aliphatic heterocycles. The van der Waals surface area contributed by atoms with Gasteiger partial charge in [0, 0.05) is 33.5 Å². The van der Waals surface area contributed by atoms with E-state index in [9.17, 15) is 15.0 Å². The first-order valence-corrected chi connectivity index (χ1v) is 11.7. The van der Waals surface area contributed by atoms with E-state index in [1.165, 1.54) is 25.7 Å². The number of aliphatic hydroxyl groups excluding tert-OH is 2. The van der Waals surface area contributed by atoms with E-state index in [0.29, 0.717) is 25.7 Å². The van der Waals surface area contributed by atoms with Crippen LogP contribution in [0.15, 0.2) is 12.2 Å². The minimum absolute atomic E-state index is 0.00619. The van der Waals surface area contributed by atoms with Crippen LogP contribution in [-0.4, -0.2) is 53.5 Å². The molecule has 1 saturated carbocycles. The SMILES string of the molecule is CCCCCCCC(CC[C@@H]1[C@@H](CC=CCCCC(=O)O)[C@@H](O)C[C@H]1O)(OC)OC. The number of carbonyl (C=O) groups is 1. The molecule has 0 aromatic heterocycles. The van der Waals surface area contributed by atoms with Crippen LogP contribution in [0.4, 0.5) is 0 Å². The van der Waals surface area contributed by atoms with Gasteiger partial charge in [0.15, 0.2) is 5.79 Å². The first-order chi connectivity index (χ1) is 14.4. The van der Waals surface area contributed by atoms with Crippen LogP contribution < -0.4 is 0 Å². The molecule has 0 aromatic rings. The first kappa shape index (κ1) is 27.1. The molecule has 0 amide bonds. The third-order valence-corrected chi connectivity index (χ3v) is 6.62. The number of aliphatic carboxylic acids is 1. The second-order valence-corrected chi connectivity index (χ2v) is 8.71. The van der Waals surface area contributed by atoms with Gasteiger partial charge in [-0.25, -0.2) is 0 Å². The van der Waals surface area contributed by atoms with Gasteiger partial charge in [0.25, 0.3) is 0 Å². The largest absolute Gasteiger partial charge is 0.481 e. The molecule has 0 unspecified atom stereocenters. The lowest BCUT2D eigenvalue weighted by Crippen LogP contribution is -2.35. The summed E-state index contributed by atoms with van der Waals surface area (Å²) in [6.45, 7) is 2.21. The van der Waals surface area contributed by atoms with Crippen molar-refractivity contribution in [3.05, 3.63) is 12.2 Å². The molecule has 176 valence electrons. The van der Waals surface area contributed by atoms with E-state index in [2.05, 4.69) is 6.92 Å². The van der Waals surface area contributed by atoms with Crippen molar-refractivity contribution < 1.29 is 29.6 Å². The predicted molar refractivity (Wildman–Crippen MR) is 118 cm³/mol. The van der Waals surface area contributed by atoms with Gasteiger partial charge >= 0.3 is 5.97 Å². The van der Waals surface area contributed by atoms with Crippen LogP contribution in [0.3, 0.4) is 0 Å². The van der Waals surface area contributed by atoms with E-state index in [-0.39, 0.29) is 18.3 Å². The highest BCUT2D eigenvalue weighted by Gasteiger charge is 2.42. The number of rotatable bonds is 17. The monoisotopic (exact) mass is 428 g/mol. The van der Waals surface area contributed by atoms with Crippen LogP contribution in [0.2, 0.25) is 0 Å². The molecule has 0 aromatic carbocycles. The highest BCUT2D eigenvalue weighted by molar-refractivity contribution is 5.66. The fraction of sp³-hybridized carbons (Fsp3) is 0.875. The Morgan fingerprint density at radius 2 is 1.63 bits per heavy atom. The van der Waals surface area contributed by atoms with Crippen molar-refractivity contribution in [1.82, 2.24) is 0 Å². The summed E-state index contributed by atoms with van der Waals surface area (Å²) in [5, 5.41) is 29.6. The number of allylic oxidation sites excluding steroid dienone is 2. The Labute approximate surface area is 182 Å². The van der Waals surface area contributed by atoms with Crippen LogP contribution in [0, 0.1) is 11.8 Å². The zero-order valence-corrected chi connectivity index (χ0v) is 19.2. The minimum Gasteiger partial charge on any atom is -0.481 e. The molecule has 1 aliphatic carbocycles. The van der Waals surface area contributed by atoms with Gasteiger partial charge in [0.1, 0.15) is 0 Å². The van der Waals surface area contributed by atoms with Crippen molar-refractivity contribution in [3.8, 4) is 0 Å². The van der Waals surface area contributed by atoms with Crippen LogP contribution in [0.25, 0.3) is 0 Å². The number of unbranched alkanes of at least 4 members (excludes halogenated alkanes) is 5. The van der Waals surface area contributed by atoms with Crippen molar-refractivity contribution in [2.24, 2.45) is 11.8 Å². The number of aliphatic hydroxyl groups is 2. The molecular weight excluding hydrogens is 384 g/mol. The van der Waals surface area contributed by atoms with E-state index < -0.39 is 24.0 Å². The lowest BCUT2D eigenvalue weighted by molar-refractivity contribution is -0.218. The van der Waals surface area contributed by atoms with Gasteiger partial charge in [-0.2, -0.15) is 0 Å². The molecule has 0 bridgehead atoms. The van der Waals surface area contributed by atoms with Crippen molar-refractivity contribution in [2.45, 2.75) is 108 Å². The molecule has 1 fully saturated rings. The molecule has 0 radical (unpaired) electrons. The molecule has 0 saturated heterocycles. The maximum absolute atomic E-state index is 10.6. The highest BCUT2D eigenvalue weighted by atomic mass is 16.7. The lowest BCUT2D eigenvalue weighted by Gasteiger charge is -2.33. The van der Waals surface area contributed by atoms with Crippen molar-refractivity contribution in [2.75, 3.05) is 14.2 Å². The van der Waals surface area contributed by atoms with Gasteiger partial charge in [0.05, 0.1) is 12.2 Å². The summed E-state index contributed by atoms with van der Waals surface area (Å²) in [7, 11) is 3.37. The normalized spacial score (nSPS) is 24.7. The summed E-state index contributed by atoms with van der Waals surface area (Å²) in [5.74, 6) is -1.39. The minimum atomic E-state index is -0.775. The van der Waals surface area contributed by atoms with E-state index in [0.717, 1.165) is 25.7 Å². The Bertz CT molecular complexity index is 488. The van der Waals surface area contributed by atoms with Crippen molar-refractivity contribution in [3.63, 3.8) is 0 Å². The Hall–Kier alpha value is -0.950. The van der Waals surface area contributed by atoms with Gasteiger partial charge in [-0.1, -0.05) is 44.8 Å². The quantitative estimate of drug-likeness (QED) is 0.177. The van der Waals surface area contributed by atoms with Crippen LogP contribution >= 0.6 is 0 Å². The topological polar surface area (TPSA) is 96.2 Å². The van der Waals surface area contributed by atoms with E-state index in [4.69, 9.17) is 14.6 Å². The third-order valence-electron chi connectivity index (χ3n) is 6.62. The lowest BCUT2D eigenvalue weighted by atomic mass is 9.85. The van der Waals surface area contributed by atoms with Gasteiger partial charge in [-0.3, -0.25) is 4.79 Å². The van der Waals surface area contributed by atoms with Gasteiger partial charge in [-0.15, -0.1) is 0 Å². The molecule has 1 rings (SSSR count). The standard InChI is InChI=1S/C24H44O6/c1-4-5-6-9-12-16-24(29-2,30-3)17-15-20-19(21(25)18-22(20)26)13-10-7-8-11-14-23(27)28/h7,10,19-22,25-26H,4-6,8-9,11-18H2,1-3H3,(H,27,28)/t19-,20-,21+,22-/m1/s1. The maximum Gasteiger partial charge on any atom is 0.303 e. The number of hydrogen-bond acceptors (Lipinski definition) is 5. The van der Waals surface area contributed by atoms with Crippen molar-refractivity contribution >= 4 is 5.97 Å².